The molecule has 1 aliphatic rings. The molecular weight excluding hydrogens is 298 g/mol. The van der Waals surface area contributed by atoms with Crippen LogP contribution < -0.4 is 10.1 Å². The van der Waals surface area contributed by atoms with Crippen LogP contribution in [0.4, 0.5) is 0 Å². The van der Waals surface area contributed by atoms with Gasteiger partial charge in [0.2, 0.25) is 5.91 Å². The van der Waals surface area contributed by atoms with Crippen molar-refractivity contribution in [2.24, 2.45) is 5.92 Å². The Balaban J connectivity index is 1.46. The number of carbonyl (C=O) groups is 1. The minimum absolute atomic E-state index is 0.164. The molecular formula is C21H25NO2. The molecule has 3 rings (SSSR count). The number of ether oxygens (including phenoxy) is 1. The Hall–Kier alpha value is -2.29. The highest BCUT2D eigenvalue weighted by atomic mass is 16.5. The van der Waals surface area contributed by atoms with E-state index in [2.05, 4.69) is 5.32 Å². The van der Waals surface area contributed by atoms with Gasteiger partial charge in [-0.15, -0.1) is 0 Å². The van der Waals surface area contributed by atoms with Gasteiger partial charge in [-0.2, -0.15) is 0 Å². The monoisotopic (exact) mass is 323 g/mol. The molecule has 0 radical (unpaired) electrons. The molecule has 1 aliphatic carbocycles. The minimum Gasteiger partial charge on any atom is -0.489 e. The molecule has 0 aliphatic heterocycles. The van der Waals surface area contributed by atoms with E-state index in [0.29, 0.717) is 25.5 Å². The normalized spacial score (nSPS) is 14.5. The maximum Gasteiger partial charge on any atom is 0.220 e. The van der Waals surface area contributed by atoms with Gasteiger partial charge in [-0.3, -0.25) is 4.79 Å². The third-order valence-electron chi connectivity index (χ3n) is 4.59. The van der Waals surface area contributed by atoms with Gasteiger partial charge in [0, 0.05) is 13.0 Å². The zero-order valence-electron chi connectivity index (χ0n) is 14.0. The van der Waals surface area contributed by atoms with Crippen LogP contribution in [-0.2, 0) is 17.9 Å². The molecule has 0 aromatic heterocycles. The van der Waals surface area contributed by atoms with Crippen molar-refractivity contribution in [2.45, 2.75) is 45.3 Å². The van der Waals surface area contributed by atoms with Gasteiger partial charge in [0.05, 0.1) is 0 Å². The van der Waals surface area contributed by atoms with E-state index < -0.39 is 0 Å². The van der Waals surface area contributed by atoms with E-state index in [1.807, 2.05) is 54.6 Å². The van der Waals surface area contributed by atoms with Crippen LogP contribution in [0.5, 0.6) is 5.75 Å². The predicted molar refractivity (Wildman–Crippen MR) is 95.6 cm³/mol. The van der Waals surface area contributed by atoms with Crippen molar-refractivity contribution < 1.29 is 9.53 Å². The molecule has 1 fully saturated rings. The molecule has 0 heterocycles. The van der Waals surface area contributed by atoms with Crippen molar-refractivity contribution in [1.29, 1.82) is 0 Å². The van der Waals surface area contributed by atoms with Gasteiger partial charge in [0.1, 0.15) is 12.4 Å². The lowest BCUT2D eigenvalue weighted by molar-refractivity contribution is -0.122. The van der Waals surface area contributed by atoms with Crippen LogP contribution in [0.15, 0.2) is 54.6 Å². The topological polar surface area (TPSA) is 38.3 Å². The van der Waals surface area contributed by atoms with Crippen LogP contribution in [0.2, 0.25) is 0 Å². The summed E-state index contributed by atoms with van der Waals surface area (Å²) in [6.45, 7) is 1.12. The molecule has 0 atom stereocenters. The highest BCUT2D eigenvalue weighted by Gasteiger charge is 2.18. The van der Waals surface area contributed by atoms with Gasteiger partial charge in [-0.05, 0) is 42.0 Å². The number of rotatable bonds is 7. The Morgan fingerprint density at radius 3 is 2.54 bits per heavy atom. The largest absolute Gasteiger partial charge is 0.489 e. The zero-order valence-corrected chi connectivity index (χ0v) is 14.0. The van der Waals surface area contributed by atoms with Gasteiger partial charge < -0.3 is 10.1 Å². The lowest BCUT2D eigenvalue weighted by atomic mass is 10.0. The zero-order chi connectivity index (χ0) is 16.6. The third-order valence-corrected chi connectivity index (χ3v) is 4.59. The summed E-state index contributed by atoms with van der Waals surface area (Å²) >= 11 is 0. The molecule has 3 nitrogen and oxygen atoms in total. The van der Waals surface area contributed by atoms with Crippen LogP contribution in [0.1, 0.15) is 43.2 Å². The molecule has 1 saturated carbocycles. The lowest BCUT2D eigenvalue weighted by Gasteiger charge is -2.11. The van der Waals surface area contributed by atoms with Gasteiger partial charge in [-0.1, -0.05) is 55.3 Å². The fourth-order valence-electron chi connectivity index (χ4n) is 3.24. The summed E-state index contributed by atoms with van der Waals surface area (Å²) in [5, 5.41) is 3.03. The fraction of sp³-hybridized carbons (Fsp3) is 0.381. The molecule has 1 N–H and O–H groups in total. The molecule has 2 aromatic carbocycles. The lowest BCUT2D eigenvalue weighted by Crippen LogP contribution is -2.24. The number of nitrogens with one attached hydrogen (secondary N) is 1. The Labute approximate surface area is 144 Å². The number of hydrogen-bond acceptors (Lipinski definition) is 2. The van der Waals surface area contributed by atoms with Crippen molar-refractivity contribution in [3.05, 3.63) is 65.7 Å². The maximum absolute atomic E-state index is 12.0. The van der Waals surface area contributed by atoms with Crippen molar-refractivity contribution >= 4 is 5.91 Å². The van der Waals surface area contributed by atoms with Gasteiger partial charge in [-0.25, -0.2) is 0 Å². The summed E-state index contributed by atoms with van der Waals surface area (Å²) in [5.41, 5.74) is 2.22. The molecule has 0 saturated heterocycles. The first-order valence-corrected chi connectivity index (χ1v) is 8.82. The highest BCUT2D eigenvalue weighted by molar-refractivity contribution is 5.76. The van der Waals surface area contributed by atoms with E-state index in [9.17, 15) is 4.79 Å². The standard InChI is InChI=1S/C21H25NO2/c23-21(14-17-7-4-5-8-17)22-15-19-11-6-12-20(13-19)24-16-18-9-2-1-3-10-18/h1-3,6,9-13,17H,4-5,7-8,14-16H2,(H,22,23). The minimum atomic E-state index is 0.164. The van der Waals surface area contributed by atoms with E-state index in [-0.39, 0.29) is 5.91 Å². The second-order valence-electron chi connectivity index (χ2n) is 6.55. The summed E-state index contributed by atoms with van der Waals surface area (Å²) < 4.78 is 5.83. The number of amides is 1. The second-order valence-corrected chi connectivity index (χ2v) is 6.55. The SMILES string of the molecule is O=C(CC1CCCC1)NCc1cccc(OCc2ccccc2)c1. The number of hydrogen-bond donors (Lipinski definition) is 1. The molecule has 126 valence electrons. The van der Waals surface area contributed by atoms with E-state index in [0.717, 1.165) is 16.9 Å². The van der Waals surface area contributed by atoms with Crippen LogP contribution in [-0.4, -0.2) is 5.91 Å². The molecule has 3 heteroatoms. The van der Waals surface area contributed by atoms with E-state index in [4.69, 9.17) is 4.74 Å². The van der Waals surface area contributed by atoms with Crippen LogP contribution in [0.25, 0.3) is 0 Å². The first kappa shape index (κ1) is 16.6. The summed E-state index contributed by atoms with van der Waals surface area (Å²) in [6, 6.07) is 18.1. The van der Waals surface area contributed by atoms with Crippen molar-refractivity contribution in [3.63, 3.8) is 0 Å². The number of benzene rings is 2. The molecule has 0 spiro atoms. The summed E-state index contributed by atoms with van der Waals surface area (Å²) in [6.07, 6.45) is 5.63. The second kappa shape index (κ2) is 8.53. The smallest absolute Gasteiger partial charge is 0.220 e. The quantitative estimate of drug-likeness (QED) is 0.817. The van der Waals surface area contributed by atoms with Crippen molar-refractivity contribution in [3.8, 4) is 5.75 Å². The summed E-state index contributed by atoms with van der Waals surface area (Å²) in [7, 11) is 0. The van der Waals surface area contributed by atoms with E-state index >= 15 is 0 Å². The summed E-state index contributed by atoms with van der Waals surface area (Å²) in [5.74, 6) is 1.59. The first-order chi connectivity index (χ1) is 11.8. The number of carbonyl (C=O) groups excluding carboxylic acids is 1. The Morgan fingerprint density at radius 2 is 1.75 bits per heavy atom. The van der Waals surface area contributed by atoms with Gasteiger partial charge in [0.15, 0.2) is 0 Å². The van der Waals surface area contributed by atoms with Gasteiger partial charge in [0.25, 0.3) is 0 Å². The Bertz CT molecular complexity index is 648. The third kappa shape index (κ3) is 5.12. The van der Waals surface area contributed by atoms with Gasteiger partial charge >= 0.3 is 0 Å². The van der Waals surface area contributed by atoms with Crippen LogP contribution in [0, 0.1) is 5.92 Å². The Kier molecular flexibility index (Phi) is 5.89. The molecule has 1 amide bonds. The van der Waals surface area contributed by atoms with E-state index in [1.54, 1.807) is 0 Å². The fourth-order valence-corrected chi connectivity index (χ4v) is 3.24. The molecule has 2 aromatic rings. The average Bonchev–Trinajstić information content (AvgIpc) is 3.12. The maximum atomic E-state index is 12.0. The predicted octanol–water partition coefficient (Wildman–Crippen LogP) is 4.46. The molecule has 0 unspecified atom stereocenters. The first-order valence-electron chi connectivity index (χ1n) is 8.82. The Morgan fingerprint density at radius 1 is 1.00 bits per heavy atom. The van der Waals surface area contributed by atoms with Crippen LogP contribution in [0.3, 0.4) is 0 Å². The summed E-state index contributed by atoms with van der Waals surface area (Å²) in [4.78, 5) is 12.0. The average molecular weight is 323 g/mol. The van der Waals surface area contributed by atoms with Crippen LogP contribution >= 0.6 is 0 Å². The van der Waals surface area contributed by atoms with E-state index in [1.165, 1.54) is 25.7 Å². The highest BCUT2D eigenvalue weighted by Crippen LogP contribution is 2.27. The molecule has 0 bridgehead atoms. The van der Waals surface area contributed by atoms with Crippen molar-refractivity contribution in [2.75, 3.05) is 0 Å². The van der Waals surface area contributed by atoms with Crippen molar-refractivity contribution in [1.82, 2.24) is 5.32 Å². The molecule has 24 heavy (non-hydrogen) atoms.